The number of benzene rings is 3. The van der Waals surface area contributed by atoms with Crippen LogP contribution < -0.4 is 9.62 Å². The van der Waals surface area contributed by atoms with Crippen molar-refractivity contribution >= 4 is 27.5 Å². The van der Waals surface area contributed by atoms with Crippen LogP contribution in [0.1, 0.15) is 38.3 Å². The SMILES string of the molecule is CC[C@H](C(=O)NCC(C)C)N(Cc1ccc(C)cc1)C(=O)CN(c1ccc(F)cc1)S(=O)(=O)c1ccccc1. The first-order chi connectivity index (χ1) is 18.5. The lowest BCUT2D eigenvalue weighted by Crippen LogP contribution is -2.52. The van der Waals surface area contributed by atoms with Gasteiger partial charge >= 0.3 is 0 Å². The van der Waals surface area contributed by atoms with E-state index in [0.29, 0.717) is 13.0 Å². The second-order valence-electron chi connectivity index (χ2n) is 9.87. The molecule has 0 saturated carbocycles. The smallest absolute Gasteiger partial charge is 0.264 e. The van der Waals surface area contributed by atoms with Gasteiger partial charge in [0.05, 0.1) is 10.6 Å². The number of rotatable bonds is 12. The van der Waals surface area contributed by atoms with E-state index < -0.39 is 34.3 Å². The van der Waals surface area contributed by atoms with Crippen molar-refractivity contribution in [3.63, 3.8) is 0 Å². The van der Waals surface area contributed by atoms with Crippen LogP contribution in [0, 0.1) is 18.7 Å². The van der Waals surface area contributed by atoms with Gasteiger partial charge in [0, 0.05) is 13.1 Å². The highest BCUT2D eigenvalue weighted by molar-refractivity contribution is 7.92. The number of anilines is 1. The Hall–Kier alpha value is -3.72. The van der Waals surface area contributed by atoms with Crippen LogP contribution in [-0.2, 0) is 26.2 Å². The van der Waals surface area contributed by atoms with Gasteiger partial charge in [-0.2, -0.15) is 0 Å². The molecule has 0 aromatic heterocycles. The summed E-state index contributed by atoms with van der Waals surface area (Å²) in [4.78, 5) is 28.6. The van der Waals surface area contributed by atoms with Gasteiger partial charge < -0.3 is 10.2 Å². The Labute approximate surface area is 230 Å². The molecule has 0 unspecified atom stereocenters. The molecular formula is C30H36FN3O4S. The first kappa shape index (κ1) is 29.8. The summed E-state index contributed by atoms with van der Waals surface area (Å²) in [6.45, 7) is 7.73. The lowest BCUT2D eigenvalue weighted by atomic mass is 10.1. The molecule has 0 heterocycles. The normalized spacial score (nSPS) is 12.2. The average Bonchev–Trinajstić information content (AvgIpc) is 2.92. The van der Waals surface area contributed by atoms with Crippen LogP contribution in [0.4, 0.5) is 10.1 Å². The summed E-state index contributed by atoms with van der Waals surface area (Å²) in [6, 6.07) is 19.5. The van der Waals surface area contributed by atoms with Crippen LogP contribution >= 0.6 is 0 Å². The lowest BCUT2D eigenvalue weighted by molar-refractivity contribution is -0.140. The van der Waals surface area contributed by atoms with Crippen LogP contribution in [0.3, 0.4) is 0 Å². The quantitative estimate of drug-likeness (QED) is 0.345. The zero-order valence-electron chi connectivity index (χ0n) is 22.8. The van der Waals surface area contributed by atoms with Crippen LogP contribution in [0.25, 0.3) is 0 Å². The number of nitrogens with zero attached hydrogens (tertiary/aromatic N) is 2. The molecule has 3 aromatic carbocycles. The summed E-state index contributed by atoms with van der Waals surface area (Å²) in [5, 5.41) is 2.90. The number of nitrogens with one attached hydrogen (secondary N) is 1. The van der Waals surface area contributed by atoms with E-state index in [1.54, 1.807) is 18.2 Å². The minimum absolute atomic E-state index is 0.00562. The second kappa shape index (κ2) is 13.4. The van der Waals surface area contributed by atoms with Gasteiger partial charge in [-0.25, -0.2) is 12.8 Å². The van der Waals surface area contributed by atoms with E-state index in [1.165, 1.54) is 29.2 Å². The Kier molecular flexibility index (Phi) is 10.2. The molecule has 9 heteroatoms. The van der Waals surface area contributed by atoms with E-state index in [4.69, 9.17) is 0 Å². The minimum atomic E-state index is -4.19. The summed E-state index contributed by atoms with van der Waals surface area (Å²) in [6.07, 6.45) is 0.337. The van der Waals surface area contributed by atoms with Crippen molar-refractivity contribution in [3.8, 4) is 0 Å². The third-order valence-electron chi connectivity index (χ3n) is 6.27. The maximum atomic E-state index is 14.0. The molecule has 0 bridgehead atoms. The molecule has 3 aromatic rings. The van der Waals surface area contributed by atoms with Crippen LogP contribution in [-0.4, -0.2) is 44.3 Å². The van der Waals surface area contributed by atoms with Crippen molar-refractivity contribution in [2.75, 3.05) is 17.4 Å². The molecule has 1 atom stereocenters. The van der Waals surface area contributed by atoms with Crippen molar-refractivity contribution in [2.24, 2.45) is 5.92 Å². The highest BCUT2D eigenvalue weighted by Crippen LogP contribution is 2.25. The lowest BCUT2D eigenvalue weighted by Gasteiger charge is -2.33. The Balaban J connectivity index is 2.02. The molecule has 2 amide bonds. The van der Waals surface area contributed by atoms with Crippen LogP contribution in [0.2, 0.25) is 0 Å². The summed E-state index contributed by atoms with van der Waals surface area (Å²) in [7, 11) is -4.19. The number of amides is 2. The highest BCUT2D eigenvalue weighted by Gasteiger charge is 2.33. The van der Waals surface area contributed by atoms with Gasteiger partial charge in [-0.3, -0.25) is 13.9 Å². The molecule has 0 saturated heterocycles. The average molecular weight is 554 g/mol. The maximum Gasteiger partial charge on any atom is 0.264 e. The Morgan fingerprint density at radius 3 is 2.10 bits per heavy atom. The van der Waals surface area contributed by atoms with Gasteiger partial charge in [0.2, 0.25) is 11.8 Å². The number of carbonyl (C=O) groups is 2. The first-order valence-corrected chi connectivity index (χ1v) is 14.4. The third kappa shape index (κ3) is 7.89. The van der Waals surface area contributed by atoms with Gasteiger partial charge in [-0.15, -0.1) is 0 Å². The van der Waals surface area contributed by atoms with Crippen molar-refractivity contribution in [2.45, 2.75) is 51.6 Å². The van der Waals surface area contributed by atoms with E-state index >= 15 is 0 Å². The highest BCUT2D eigenvalue weighted by atomic mass is 32.2. The summed E-state index contributed by atoms with van der Waals surface area (Å²) >= 11 is 0. The Bertz CT molecular complexity index is 1350. The van der Waals surface area contributed by atoms with Gasteiger partial charge in [-0.05, 0) is 61.2 Å². The molecule has 39 heavy (non-hydrogen) atoms. The zero-order chi connectivity index (χ0) is 28.6. The monoisotopic (exact) mass is 553 g/mol. The van der Waals surface area contributed by atoms with E-state index in [0.717, 1.165) is 27.6 Å². The van der Waals surface area contributed by atoms with Crippen LogP contribution in [0.15, 0.2) is 83.8 Å². The Morgan fingerprint density at radius 1 is 0.923 bits per heavy atom. The molecule has 208 valence electrons. The molecule has 0 aliphatic rings. The minimum Gasteiger partial charge on any atom is -0.354 e. The number of hydrogen-bond donors (Lipinski definition) is 1. The number of halogens is 1. The molecule has 0 fully saturated rings. The Morgan fingerprint density at radius 2 is 1.54 bits per heavy atom. The fourth-order valence-corrected chi connectivity index (χ4v) is 5.52. The molecule has 1 N–H and O–H groups in total. The number of hydrogen-bond acceptors (Lipinski definition) is 4. The van der Waals surface area contributed by atoms with Gasteiger partial charge in [-0.1, -0.05) is 68.8 Å². The second-order valence-corrected chi connectivity index (χ2v) is 11.7. The van der Waals surface area contributed by atoms with E-state index in [2.05, 4.69) is 5.32 Å². The molecule has 0 aliphatic heterocycles. The fraction of sp³-hybridized carbons (Fsp3) is 0.333. The fourth-order valence-electron chi connectivity index (χ4n) is 4.09. The number of carbonyl (C=O) groups excluding carboxylic acids is 2. The van der Waals surface area contributed by atoms with E-state index in [1.807, 2.05) is 52.0 Å². The summed E-state index contributed by atoms with van der Waals surface area (Å²) < 4.78 is 42.1. The molecule has 0 aliphatic carbocycles. The number of sulfonamides is 1. The van der Waals surface area contributed by atoms with Crippen molar-refractivity contribution in [1.82, 2.24) is 10.2 Å². The predicted molar refractivity (Wildman–Crippen MR) is 151 cm³/mol. The standard InChI is InChI=1S/C30H36FN3O4S/c1-5-28(30(36)32-19-22(2)3)33(20-24-13-11-23(4)12-14-24)29(35)21-34(26-17-15-25(31)16-18-26)39(37,38)27-9-7-6-8-10-27/h6-18,22,28H,5,19-21H2,1-4H3,(H,32,36)/t28-/m1/s1. The zero-order valence-corrected chi connectivity index (χ0v) is 23.6. The predicted octanol–water partition coefficient (Wildman–Crippen LogP) is 4.91. The third-order valence-corrected chi connectivity index (χ3v) is 8.06. The van der Waals surface area contributed by atoms with Crippen molar-refractivity contribution in [1.29, 1.82) is 0 Å². The van der Waals surface area contributed by atoms with Crippen molar-refractivity contribution in [3.05, 3.63) is 95.8 Å². The molecule has 7 nitrogen and oxygen atoms in total. The molecule has 3 rings (SSSR count). The van der Waals surface area contributed by atoms with E-state index in [-0.39, 0.29) is 29.0 Å². The summed E-state index contributed by atoms with van der Waals surface area (Å²) in [5.41, 5.74) is 2.00. The van der Waals surface area contributed by atoms with Crippen LogP contribution in [0.5, 0.6) is 0 Å². The molecule has 0 radical (unpaired) electrons. The van der Waals surface area contributed by atoms with Gasteiger partial charge in [0.25, 0.3) is 10.0 Å². The summed E-state index contributed by atoms with van der Waals surface area (Å²) in [5.74, 6) is -1.16. The van der Waals surface area contributed by atoms with Gasteiger partial charge in [0.1, 0.15) is 18.4 Å². The van der Waals surface area contributed by atoms with E-state index in [9.17, 15) is 22.4 Å². The topological polar surface area (TPSA) is 86.8 Å². The largest absolute Gasteiger partial charge is 0.354 e. The van der Waals surface area contributed by atoms with Gasteiger partial charge in [0.15, 0.2) is 0 Å². The number of aryl methyl sites for hydroxylation is 1. The molecular weight excluding hydrogens is 517 g/mol. The molecule has 0 spiro atoms. The first-order valence-electron chi connectivity index (χ1n) is 13.0. The maximum absolute atomic E-state index is 14.0. The van der Waals surface area contributed by atoms with Crippen molar-refractivity contribution < 1.29 is 22.4 Å².